The Morgan fingerprint density at radius 2 is 1.70 bits per heavy atom. The minimum Gasteiger partial charge on any atom is -0.481 e. The van der Waals surface area contributed by atoms with Gasteiger partial charge in [0.05, 0.1) is 25.0 Å². The summed E-state index contributed by atoms with van der Waals surface area (Å²) in [7, 11) is 0. The molecule has 0 saturated carbocycles. The van der Waals surface area contributed by atoms with Crippen LogP contribution in [-0.2, 0) is 14.4 Å². The Hall–Kier alpha value is -3.26. The van der Waals surface area contributed by atoms with Crippen molar-refractivity contribution >= 4 is 23.9 Å². The summed E-state index contributed by atoms with van der Waals surface area (Å²) >= 11 is 0. The SMILES string of the molecule is CC(O)[C@H](NC(=O)N[C@@H](CC(N)=O)c1nnc([C@@H](N)CC(=O)O)o1)C(=O)O. The summed E-state index contributed by atoms with van der Waals surface area (Å²) in [5.74, 6) is -4.06. The highest BCUT2D eigenvalue weighted by Gasteiger charge is 2.29. The first-order valence-electron chi connectivity index (χ1n) is 7.58. The maximum atomic E-state index is 12.0. The quantitative estimate of drug-likeness (QED) is 0.222. The van der Waals surface area contributed by atoms with E-state index in [0.29, 0.717) is 0 Å². The number of carboxylic acids is 2. The van der Waals surface area contributed by atoms with E-state index in [9.17, 15) is 24.3 Å². The number of aliphatic carboxylic acids is 2. The van der Waals surface area contributed by atoms with Crippen molar-refractivity contribution in [3.63, 3.8) is 0 Å². The third-order valence-electron chi connectivity index (χ3n) is 3.21. The Labute approximate surface area is 151 Å². The monoisotopic (exact) mass is 388 g/mol. The van der Waals surface area contributed by atoms with E-state index in [1.54, 1.807) is 0 Å². The van der Waals surface area contributed by atoms with Crippen LogP contribution in [0.25, 0.3) is 0 Å². The van der Waals surface area contributed by atoms with E-state index in [1.165, 1.54) is 0 Å². The zero-order chi connectivity index (χ0) is 20.7. The van der Waals surface area contributed by atoms with Crippen LogP contribution < -0.4 is 22.1 Å². The standard InChI is InChI=1S/C13H20N6O8/c1-4(20)9(12(24)25)17-13(26)16-6(3-7(15)21)11-19-18-10(27-11)5(14)2-8(22)23/h4-6,9,20H,2-3,14H2,1H3,(H2,15,21)(H,22,23)(H,24,25)(H2,16,17,26)/t4?,5-,6-,9-/m0/s1. The number of carbonyl (C=O) groups excluding carboxylic acids is 2. The summed E-state index contributed by atoms with van der Waals surface area (Å²) in [6.45, 7) is 1.16. The van der Waals surface area contributed by atoms with Crippen LogP contribution in [0.1, 0.15) is 43.6 Å². The topological polar surface area (TPSA) is 244 Å². The fraction of sp³-hybridized carbons (Fsp3) is 0.538. The highest BCUT2D eigenvalue weighted by molar-refractivity contribution is 5.83. The molecule has 14 nitrogen and oxygen atoms in total. The third-order valence-corrected chi connectivity index (χ3v) is 3.21. The number of aliphatic hydroxyl groups is 1. The molecule has 14 heteroatoms. The van der Waals surface area contributed by atoms with Gasteiger partial charge in [-0.05, 0) is 6.92 Å². The Bertz CT molecular complexity index is 705. The molecule has 0 spiro atoms. The van der Waals surface area contributed by atoms with Crippen LogP contribution in [0.5, 0.6) is 0 Å². The number of carbonyl (C=O) groups is 4. The molecule has 1 unspecified atom stereocenters. The second-order valence-corrected chi connectivity index (χ2v) is 5.58. The molecule has 0 aliphatic carbocycles. The lowest BCUT2D eigenvalue weighted by Crippen LogP contribution is -2.52. The van der Waals surface area contributed by atoms with Gasteiger partial charge in [-0.25, -0.2) is 9.59 Å². The van der Waals surface area contributed by atoms with Gasteiger partial charge in [-0.3, -0.25) is 9.59 Å². The van der Waals surface area contributed by atoms with Crippen LogP contribution in [0.2, 0.25) is 0 Å². The first-order chi connectivity index (χ1) is 12.5. The number of aliphatic hydroxyl groups excluding tert-OH is 1. The number of rotatable bonds is 10. The smallest absolute Gasteiger partial charge is 0.328 e. The molecule has 27 heavy (non-hydrogen) atoms. The summed E-state index contributed by atoms with van der Waals surface area (Å²) in [6.07, 6.45) is -2.37. The number of primary amides is 1. The first kappa shape index (κ1) is 21.8. The minimum absolute atomic E-state index is 0.239. The molecule has 1 aromatic heterocycles. The van der Waals surface area contributed by atoms with Gasteiger partial charge >= 0.3 is 18.0 Å². The molecule has 3 amide bonds. The van der Waals surface area contributed by atoms with Gasteiger partial charge in [0.25, 0.3) is 0 Å². The van der Waals surface area contributed by atoms with E-state index in [0.717, 1.165) is 6.92 Å². The fourth-order valence-electron chi connectivity index (χ4n) is 1.94. The number of hydrogen-bond acceptors (Lipinski definition) is 9. The Kier molecular flexibility index (Phi) is 7.62. The van der Waals surface area contributed by atoms with Crippen molar-refractivity contribution in [3.8, 4) is 0 Å². The van der Waals surface area contributed by atoms with Gasteiger partial charge < -0.3 is 41.8 Å². The lowest BCUT2D eigenvalue weighted by Gasteiger charge is -2.19. The Morgan fingerprint density at radius 3 is 2.19 bits per heavy atom. The molecule has 0 aromatic carbocycles. The van der Waals surface area contributed by atoms with Gasteiger partial charge in [-0.15, -0.1) is 10.2 Å². The van der Waals surface area contributed by atoms with Crippen LogP contribution in [0.15, 0.2) is 4.42 Å². The van der Waals surface area contributed by atoms with Crippen molar-refractivity contribution in [3.05, 3.63) is 11.8 Å². The van der Waals surface area contributed by atoms with Gasteiger partial charge in [0, 0.05) is 0 Å². The van der Waals surface area contributed by atoms with E-state index < -0.39 is 60.9 Å². The molecule has 0 saturated heterocycles. The number of nitrogens with one attached hydrogen (secondary N) is 2. The normalized spacial score (nSPS) is 15.2. The van der Waals surface area contributed by atoms with E-state index in [-0.39, 0.29) is 11.8 Å². The first-order valence-corrected chi connectivity index (χ1v) is 7.58. The molecule has 9 N–H and O–H groups in total. The molecule has 0 aliphatic heterocycles. The lowest BCUT2D eigenvalue weighted by molar-refractivity contribution is -0.142. The van der Waals surface area contributed by atoms with Gasteiger partial charge in [0.15, 0.2) is 6.04 Å². The van der Waals surface area contributed by atoms with Crippen LogP contribution in [0, 0.1) is 0 Å². The van der Waals surface area contributed by atoms with Crippen molar-refractivity contribution < 1.29 is 38.9 Å². The zero-order valence-corrected chi connectivity index (χ0v) is 14.2. The molecular weight excluding hydrogens is 368 g/mol. The van der Waals surface area contributed by atoms with E-state index in [2.05, 4.69) is 15.5 Å². The van der Waals surface area contributed by atoms with Crippen LogP contribution >= 0.6 is 0 Å². The molecule has 4 atom stereocenters. The van der Waals surface area contributed by atoms with Crippen LogP contribution in [0.4, 0.5) is 4.79 Å². The van der Waals surface area contributed by atoms with E-state index >= 15 is 0 Å². The number of urea groups is 1. The number of hydrogen-bond donors (Lipinski definition) is 7. The minimum atomic E-state index is -1.61. The zero-order valence-electron chi connectivity index (χ0n) is 14.2. The molecular formula is C13H20N6O8. The van der Waals surface area contributed by atoms with Gasteiger partial charge in [0.2, 0.25) is 17.7 Å². The number of amides is 3. The molecule has 1 heterocycles. The number of carboxylic acid groups (broad SMARTS) is 2. The Morgan fingerprint density at radius 1 is 1.11 bits per heavy atom. The average Bonchev–Trinajstić information content (AvgIpc) is 3.00. The van der Waals surface area contributed by atoms with Crippen molar-refractivity contribution in [2.75, 3.05) is 0 Å². The summed E-state index contributed by atoms with van der Waals surface area (Å²) in [5.41, 5.74) is 10.7. The predicted octanol–water partition coefficient (Wildman–Crippen LogP) is -2.41. The van der Waals surface area contributed by atoms with E-state index in [1.807, 2.05) is 5.32 Å². The van der Waals surface area contributed by atoms with Gasteiger partial charge in [-0.2, -0.15) is 0 Å². The average molecular weight is 388 g/mol. The van der Waals surface area contributed by atoms with Crippen molar-refractivity contribution in [2.45, 2.75) is 44.0 Å². The van der Waals surface area contributed by atoms with Crippen molar-refractivity contribution in [1.82, 2.24) is 20.8 Å². The maximum Gasteiger partial charge on any atom is 0.328 e. The summed E-state index contributed by atoms with van der Waals surface area (Å²) in [5, 5.41) is 38.4. The van der Waals surface area contributed by atoms with Crippen molar-refractivity contribution in [1.29, 1.82) is 0 Å². The number of nitrogens with two attached hydrogens (primary N) is 2. The van der Waals surface area contributed by atoms with Crippen LogP contribution in [0.3, 0.4) is 0 Å². The Balaban J connectivity index is 2.91. The van der Waals surface area contributed by atoms with Gasteiger partial charge in [0.1, 0.15) is 6.04 Å². The highest BCUT2D eigenvalue weighted by atomic mass is 16.4. The molecule has 0 fully saturated rings. The molecule has 150 valence electrons. The molecule has 1 rings (SSSR count). The number of nitrogens with zero attached hydrogens (tertiary/aromatic N) is 2. The lowest BCUT2D eigenvalue weighted by atomic mass is 10.2. The third kappa shape index (κ3) is 6.87. The molecule has 0 bridgehead atoms. The second kappa shape index (κ2) is 9.44. The van der Waals surface area contributed by atoms with E-state index in [4.69, 9.17) is 26.1 Å². The number of aromatic nitrogens is 2. The predicted molar refractivity (Wildman–Crippen MR) is 84.8 cm³/mol. The summed E-state index contributed by atoms with van der Waals surface area (Å²) in [6, 6.07) is -5.01. The molecule has 1 aromatic rings. The second-order valence-electron chi connectivity index (χ2n) is 5.58. The fourth-order valence-corrected chi connectivity index (χ4v) is 1.94. The molecule has 0 aliphatic rings. The van der Waals surface area contributed by atoms with Gasteiger partial charge in [-0.1, -0.05) is 0 Å². The largest absolute Gasteiger partial charge is 0.481 e. The molecule has 0 radical (unpaired) electrons. The van der Waals surface area contributed by atoms with Crippen LogP contribution in [-0.4, -0.2) is 61.5 Å². The van der Waals surface area contributed by atoms with Crippen molar-refractivity contribution in [2.24, 2.45) is 11.5 Å². The summed E-state index contributed by atoms with van der Waals surface area (Å²) in [4.78, 5) is 44.8. The summed E-state index contributed by atoms with van der Waals surface area (Å²) < 4.78 is 5.18. The highest BCUT2D eigenvalue weighted by Crippen LogP contribution is 2.19. The maximum absolute atomic E-state index is 12.0.